The normalized spacial score (nSPS) is 17.7. The molecule has 12 heteroatoms. The fourth-order valence-electron chi connectivity index (χ4n) is 3.36. The molecule has 0 aliphatic heterocycles. The Labute approximate surface area is 205 Å². The molecule has 188 valence electrons. The smallest absolute Gasteiger partial charge is 0.458 e. The molecule has 2 aromatic rings. The van der Waals surface area contributed by atoms with Crippen LogP contribution in [-0.4, -0.2) is 40.9 Å². The van der Waals surface area contributed by atoms with E-state index in [1.807, 2.05) is 0 Å². The molecular weight excluding hydrogens is 476 g/mol. The van der Waals surface area contributed by atoms with Crippen LogP contribution in [0.15, 0.2) is 84.1 Å². The van der Waals surface area contributed by atoms with Crippen molar-refractivity contribution in [2.45, 2.75) is 31.5 Å². The van der Waals surface area contributed by atoms with Gasteiger partial charge < -0.3 is 18.9 Å². The maximum Gasteiger partial charge on any atom is 0.509 e. The fraction of sp³-hybridized carbons (Fsp3) is 0.250. The number of ether oxygens (including phenoxy) is 4. The highest BCUT2D eigenvalue weighted by molar-refractivity contribution is 5.82. The molecule has 36 heavy (non-hydrogen) atoms. The number of nitro groups is 2. The van der Waals surface area contributed by atoms with Crippen molar-refractivity contribution in [2.24, 2.45) is 0 Å². The van der Waals surface area contributed by atoms with Crippen LogP contribution in [-0.2, 0) is 37.0 Å². The van der Waals surface area contributed by atoms with E-state index in [-0.39, 0.29) is 13.2 Å². The lowest BCUT2D eigenvalue weighted by atomic mass is 9.93. The zero-order chi connectivity index (χ0) is 26.1. The minimum atomic E-state index is -2.22. The second kappa shape index (κ2) is 11.7. The highest BCUT2D eigenvalue weighted by atomic mass is 16.7. The van der Waals surface area contributed by atoms with E-state index in [4.69, 9.17) is 18.9 Å². The van der Waals surface area contributed by atoms with Crippen LogP contribution < -0.4 is 0 Å². The minimum Gasteiger partial charge on any atom is -0.458 e. The van der Waals surface area contributed by atoms with Crippen molar-refractivity contribution in [1.82, 2.24) is 0 Å². The maximum absolute atomic E-state index is 12.9. The first-order valence-corrected chi connectivity index (χ1v) is 10.6. The van der Waals surface area contributed by atoms with Crippen LogP contribution in [0.4, 0.5) is 4.79 Å². The molecule has 0 amide bonds. The maximum atomic E-state index is 12.9. The standard InChI is InChI=1S/C24H22N2O10/c1-33-24(26(31)32)13-12-19(20(14-24)25(29)30)21(22(27)34-15-17-8-4-2-5-9-17)36-23(28)35-16-18-10-6-3-7-11-18/h2-13,21H,14-16H2,1H3. The molecule has 0 N–H and O–H groups in total. The van der Waals surface area contributed by atoms with Crippen molar-refractivity contribution in [1.29, 1.82) is 0 Å². The number of rotatable bonds is 10. The van der Waals surface area contributed by atoms with E-state index in [1.54, 1.807) is 60.7 Å². The first kappa shape index (κ1) is 26.0. The van der Waals surface area contributed by atoms with Crippen LogP contribution in [0.1, 0.15) is 17.5 Å². The SMILES string of the molecule is COC1([N+](=O)[O-])C=CC(C(OC(=O)OCc2ccccc2)C(=O)OCc2ccccc2)=C([N+](=O)[O-])C1. The zero-order valence-corrected chi connectivity index (χ0v) is 19.1. The van der Waals surface area contributed by atoms with Gasteiger partial charge in [-0.05, 0) is 17.2 Å². The molecule has 0 fully saturated rings. The van der Waals surface area contributed by atoms with Crippen LogP contribution in [0.5, 0.6) is 0 Å². The Bertz CT molecular complexity index is 1180. The highest BCUT2D eigenvalue weighted by Crippen LogP contribution is 2.33. The third-order valence-corrected chi connectivity index (χ3v) is 5.29. The summed E-state index contributed by atoms with van der Waals surface area (Å²) in [5, 5.41) is 23.3. The van der Waals surface area contributed by atoms with Crippen LogP contribution >= 0.6 is 0 Å². The molecule has 0 saturated heterocycles. The summed E-state index contributed by atoms with van der Waals surface area (Å²) >= 11 is 0. The van der Waals surface area contributed by atoms with E-state index in [9.17, 15) is 29.8 Å². The van der Waals surface area contributed by atoms with Gasteiger partial charge in [0.05, 0.1) is 15.4 Å². The van der Waals surface area contributed by atoms with Crippen LogP contribution in [0.25, 0.3) is 0 Å². The lowest BCUT2D eigenvalue weighted by Gasteiger charge is -2.25. The first-order chi connectivity index (χ1) is 17.3. The summed E-state index contributed by atoms with van der Waals surface area (Å²) in [6.45, 7) is -0.392. The van der Waals surface area contributed by atoms with Crippen molar-refractivity contribution >= 4 is 12.1 Å². The van der Waals surface area contributed by atoms with Gasteiger partial charge in [-0.25, -0.2) is 9.59 Å². The Morgan fingerprint density at radius 3 is 2.00 bits per heavy atom. The van der Waals surface area contributed by atoms with Gasteiger partial charge in [0.2, 0.25) is 6.10 Å². The molecule has 2 unspecified atom stereocenters. The number of carbonyl (C=O) groups is 2. The number of methoxy groups -OCH3 is 1. The molecule has 0 spiro atoms. The van der Waals surface area contributed by atoms with E-state index in [1.165, 1.54) is 0 Å². The molecule has 0 saturated carbocycles. The third-order valence-electron chi connectivity index (χ3n) is 5.29. The summed E-state index contributed by atoms with van der Waals surface area (Å²) in [6.07, 6.45) is -2.13. The Morgan fingerprint density at radius 1 is 0.944 bits per heavy atom. The molecule has 0 aromatic heterocycles. The molecule has 0 radical (unpaired) electrons. The predicted molar refractivity (Wildman–Crippen MR) is 122 cm³/mol. The Kier molecular flexibility index (Phi) is 8.47. The highest BCUT2D eigenvalue weighted by Gasteiger charge is 2.50. The van der Waals surface area contributed by atoms with Crippen molar-refractivity contribution in [3.63, 3.8) is 0 Å². The van der Waals surface area contributed by atoms with E-state index >= 15 is 0 Å². The summed E-state index contributed by atoms with van der Waals surface area (Å²) in [4.78, 5) is 47.0. The first-order valence-electron chi connectivity index (χ1n) is 10.6. The topological polar surface area (TPSA) is 157 Å². The number of nitrogens with zero attached hydrogens (tertiary/aromatic N) is 2. The second-order valence-corrected chi connectivity index (χ2v) is 7.59. The molecule has 0 bridgehead atoms. The number of hydrogen-bond acceptors (Lipinski definition) is 10. The number of benzene rings is 2. The molecule has 2 aromatic carbocycles. The minimum absolute atomic E-state index is 0.184. The average molecular weight is 498 g/mol. The van der Waals surface area contributed by atoms with Gasteiger partial charge in [0.15, 0.2) is 0 Å². The van der Waals surface area contributed by atoms with Crippen molar-refractivity contribution < 1.29 is 38.4 Å². The molecule has 0 heterocycles. The fourth-order valence-corrected chi connectivity index (χ4v) is 3.36. The molecular formula is C24H22N2O10. The predicted octanol–water partition coefficient (Wildman–Crippen LogP) is 3.56. The van der Waals surface area contributed by atoms with E-state index < -0.39 is 51.5 Å². The summed E-state index contributed by atoms with van der Waals surface area (Å²) in [6, 6.07) is 17.2. The quantitative estimate of drug-likeness (QED) is 0.205. The van der Waals surface area contributed by atoms with Crippen molar-refractivity contribution in [3.8, 4) is 0 Å². The second-order valence-electron chi connectivity index (χ2n) is 7.59. The Morgan fingerprint density at radius 2 is 1.50 bits per heavy atom. The lowest BCUT2D eigenvalue weighted by Crippen LogP contribution is -2.43. The largest absolute Gasteiger partial charge is 0.509 e. The van der Waals surface area contributed by atoms with Gasteiger partial charge in [0.1, 0.15) is 19.6 Å². The van der Waals surface area contributed by atoms with E-state index in [0.717, 1.165) is 19.3 Å². The number of carbonyl (C=O) groups excluding carboxylic acids is 2. The van der Waals surface area contributed by atoms with Gasteiger partial charge in [0.25, 0.3) is 5.70 Å². The number of hydrogen-bond donors (Lipinski definition) is 0. The molecule has 3 rings (SSSR count). The van der Waals surface area contributed by atoms with Gasteiger partial charge >= 0.3 is 17.8 Å². The summed E-state index contributed by atoms with van der Waals surface area (Å²) in [5.74, 6) is -1.12. The van der Waals surface area contributed by atoms with Crippen LogP contribution in [0.2, 0.25) is 0 Å². The average Bonchev–Trinajstić information content (AvgIpc) is 2.90. The molecule has 12 nitrogen and oxygen atoms in total. The van der Waals surface area contributed by atoms with Gasteiger partial charge in [-0.3, -0.25) is 20.2 Å². The molecule has 2 atom stereocenters. The van der Waals surface area contributed by atoms with Crippen LogP contribution in [0.3, 0.4) is 0 Å². The van der Waals surface area contributed by atoms with Gasteiger partial charge in [-0.1, -0.05) is 60.7 Å². The van der Waals surface area contributed by atoms with Gasteiger partial charge in [0, 0.05) is 13.2 Å². The lowest BCUT2D eigenvalue weighted by molar-refractivity contribution is -0.615. The third kappa shape index (κ3) is 6.30. The van der Waals surface area contributed by atoms with E-state index in [0.29, 0.717) is 11.1 Å². The molecule has 1 aliphatic carbocycles. The van der Waals surface area contributed by atoms with Crippen LogP contribution in [0, 0.1) is 20.2 Å². The Hall–Kier alpha value is -4.58. The van der Waals surface area contributed by atoms with Gasteiger partial charge in [-0.15, -0.1) is 0 Å². The zero-order valence-electron chi connectivity index (χ0n) is 19.1. The monoisotopic (exact) mass is 498 g/mol. The summed E-state index contributed by atoms with van der Waals surface area (Å²) < 4.78 is 20.3. The van der Waals surface area contributed by atoms with Crippen molar-refractivity contribution in [2.75, 3.05) is 7.11 Å². The summed E-state index contributed by atoms with van der Waals surface area (Å²) in [7, 11) is 1.03. The Balaban J connectivity index is 1.87. The number of esters is 1. The van der Waals surface area contributed by atoms with Crippen molar-refractivity contribution in [3.05, 3.63) is 115 Å². The van der Waals surface area contributed by atoms with Gasteiger partial charge in [-0.2, -0.15) is 0 Å². The summed E-state index contributed by atoms with van der Waals surface area (Å²) in [5.41, 5.74) is -2.11. The molecule has 1 aliphatic rings. The van der Waals surface area contributed by atoms with E-state index in [2.05, 4.69) is 0 Å².